The van der Waals surface area contributed by atoms with E-state index in [9.17, 15) is 4.79 Å². The summed E-state index contributed by atoms with van der Waals surface area (Å²) in [7, 11) is 0. The first-order chi connectivity index (χ1) is 7.31. The Balaban J connectivity index is 2.25. The van der Waals surface area contributed by atoms with E-state index in [-0.39, 0.29) is 5.91 Å². The van der Waals surface area contributed by atoms with Crippen LogP contribution in [0.2, 0.25) is 0 Å². The van der Waals surface area contributed by atoms with Gasteiger partial charge in [-0.2, -0.15) is 12.6 Å². The third-order valence-corrected chi connectivity index (χ3v) is 2.32. The normalized spacial score (nSPS) is 10.5. The zero-order valence-electron chi connectivity index (χ0n) is 8.06. The van der Waals surface area contributed by atoms with E-state index in [4.69, 9.17) is 4.42 Å². The summed E-state index contributed by atoms with van der Waals surface area (Å²) in [4.78, 5) is 11.4. The molecular formula is C11H11NO2S. The van der Waals surface area contributed by atoms with Crippen LogP contribution in [0.15, 0.2) is 34.9 Å². The van der Waals surface area contributed by atoms with Crippen LogP contribution < -0.4 is 5.32 Å². The quantitative estimate of drug-likeness (QED) is 0.782. The molecule has 78 valence electrons. The Morgan fingerprint density at radius 1 is 1.40 bits per heavy atom. The molecule has 0 aliphatic heterocycles. The van der Waals surface area contributed by atoms with Gasteiger partial charge >= 0.3 is 0 Å². The minimum absolute atomic E-state index is 0.0449. The van der Waals surface area contributed by atoms with E-state index in [1.807, 2.05) is 24.3 Å². The Hall–Kier alpha value is -1.42. The van der Waals surface area contributed by atoms with E-state index in [0.29, 0.717) is 12.2 Å². The fourth-order valence-electron chi connectivity index (χ4n) is 1.39. The Bertz CT molecular complexity index is 478. The summed E-state index contributed by atoms with van der Waals surface area (Å²) in [6, 6.07) is 7.58. The molecule has 0 aliphatic carbocycles. The predicted octanol–water partition coefficient (Wildman–Crippen LogP) is 2.69. The van der Waals surface area contributed by atoms with E-state index < -0.39 is 0 Å². The van der Waals surface area contributed by atoms with Crippen LogP contribution in [0.3, 0.4) is 0 Å². The largest absolute Gasteiger partial charge is 0.462 e. The molecule has 1 aromatic heterocycles. The van der Waals surface area contributed by atoms with Crippen molar-refractivity contribution in [2.45, 2.75) is 6.42 Å². The van der Waals surface area contributed by atoms with Crippen LogP contribution in [0.25, 0.3) is 11.0 Å². The van der Waals surface area contributed by atoms with E-state index in [0.717, 1.165) is 16.7 Å². The van der Waals surface area contributed by atoms with Crippen LogP contribution in [0.1, 0.15) is 6.42 Å². The predicted molar refractivity (Wildman–Crippen MR) is 63.3 cm³/mol. The molecule has 0 saturated heterocycles. The van der Waals surface area contributed by atoms with Gasteiger partial charge in [0.2, 0.25) is 5.91 Å². The molecule has 4 heteroatoms. The van der Waals surface area contributed by atoms with Crippen LogP contribution >= 0.6 is 12.6 Å². The number of hydrogen-bond donors (Lipinski definition) is 2. The van der Waals surface area contributed by atoms with E-state index in [1.165, 1.54) is 0 Å². The number of amides is 1. The second-order valence-corrected chi connectivity index (χ2v) is 3.61. The molecule has 2 aromatic rings. The van der Waals surface area contributed by atoms with E-state index in [2.05, 4.69) is 17.9 Å². The van der Waals surface area contributed by atoms with Crippen molar-refractivity contribution in [1.82, 2.24) is 0 Å². The molecular weight excluding hydrogens is 210 g/mol. The Morgan fingerprint density at radius 2 is 2.20 bits per heavy atom. The number of para-hydroxylation sites is 1. The lowest BCUT2D eigenvalue weighted by Gasteiger charge is -2.00. The number of thiol groups is 1. The average molecular weight is 221 g/mol. The smallest absolute Gasteiger partial charge is 0.225 e. The zero-order chi connectivity index (χ0) is 10.7. The number of furan rings is 1. The highest BCUT2D eigenvalue weighted by Gasteiger charge is 2.07. The van der Waals surface area contributed by atoms with Gasteiger partial charge < -0.3 is 9.73 Å². The van der Waals surface area contributed by atoms with E-state index in [1.54, 1.807) is 6.26 Å². The number of anilines is 1. The van der Waals surface area contributed by atoms with Gasteiger partial charge in [-0.05, 0) is 17.9 Å². The Labute approximate surface area is 92.9 Å². The van der Waals surface area contributed by atoms with Crippen molar-refractivity contribution in [2.75, 3.05) is 11.1 Å². The first kappa shape index (κ1) is 10.1. The maximum absolute atomic E-state index is 11.4. The molecule has 0 fully saturated rings. The summed E-state index contributed by atoms with van der Waals surface area (Å²) in [5.41, 5.74) is 1.50. The number of carbonyl (C=O) groups is 1. The van der Waals surface area contributed by atoms with Crippen molar-refractivity contribution >= 4 is 35.2 Å². The maximum Gasteiger partial charge on any atom is 0.225 e. The number of fused-ring (bicyclic) bond motifs is 1. The van der Waals surface area contributed by atoms with Crippen molar-refractivity contribution in [3.63, 3.8) is 0 Å². The van der Waals surface area contributed by atoms with E-state index >= 15 is 0 Å². The minimum atomic E-state index is -0.0449. The van der Waals surface area contributed by atoms with Crippen molar-refractivity contribution in [3.8, 4) is 0 Å². The molecule has 1 N–H and O–H groups in total. The number of carbonyl (C=O) groups excluding carboxylic acids is 1. The van der Waals surface area contributed by atoms with Crippen LogP contribution in [0.4, 0.5) is 5.69 Å². The molecule has 3 nitrogen and oxygen atoms in total. The maximum atomic E-state index is 11.4. The Kier molecular flexibility index (Phi) is 2.97. The second-order valence-electron chi connectivity index (χ2n) is 3.17. The fourth-order valence-corrected chi connectivity index (χ4v) is 1.59. The summed E-state index contributed by atoms with van der Waals surface area (Å²) in [6.07, 6.45) is 1.96. The second kappa shape index (κ2) is 4.40. The minimum Gasteiger partial charge on any atom is -0.462 e. The van der Waals surface area contributed by atoms with Crippen molar-refractivity contribution in [2.24, 2.45) is 0 Å². The van der Waals surface area contributed by atoms with Gasteiger partial charge in [0.05, 0.1) is 5.69 Å². The Morgan fingerprint density at radius 3 is 3.00 bits per heavy atom. The molecule has 0 saturated carbocycles. The monoisotopic (exact) mass is 221 g/mol. The summed E-state index contributed by atoms with van der Waals surface area (Å²) in [5, 5.41) is 3.71. The lowest BCUT2D eigenvalue weighted by Crippen LogP contribution is -2.11. The van der Waals surface area contributed by atoms with Crippen molar-refractivity contribution in [1.29, 1.82) is 0 Å². The highest BCUT2D eigenvalue weighted by molar-refractivity contribution is 7.80. The molecule has 1 amide bonds. The summed E-state index contributed by atoms with van der Waals surface area (Å²) in [5.74, 6) is 0.498. The SMILES string of the molecule is O=C(CCS)Nc1coc2ccccc12. The van der Waals surface area contributed by atoms with Crippen LogP contribution in [0, 0.1) is 0 Å². The summed E-state index contributed by atoms with van der Waals surface area (Å²) < 4.78 is 5.29. The zero-order valence-corrected chi connectivity index (χ0v) is 8.96. The standard InChI is InChI=1S/C11H11NO2S/c13-11(5-6-15)12-9-7-14-10-4-2-1-3-8(9)10/h1-4,7,15H,5-6H2,(H,12,13). The van der Waals surface area contributed by atoms with Gasteiger partial charge in [-0.3, -0.25) is 4.79 Å². The molecule has 0 aliphatic rings. The van der Waals surface area contributed by atoms with Crippen LogP contribution in [-0.2, 0) is 4.79 Å². The summed E-state index contributed by atoms with van der Waals surface area (Å²) >= 11 is 4.00. The highest BCUT2D eigenvalue weighted by Crippen LogP contribution is 2.25. The molecule has 0 atom stereocenters. The van der Waals surface area contributed by atoms with Gasteiger partial charge in [0.15, 0.2) is 0 Å². The molecule has 2 rings (SSSR count). The van der Waals surface area contributed by atoms with Gasteiger partial charge in [0.1, 0.15) is 11.8 Å². The number of rotatable bonds is 3. The van der Waals surface area contributed by atoms with Gasteiger partial charge in [0.25, 0.3) is 0 Å². The van der Waals surface area contributed by atoms with Crippen molar-refractivity contribution < 1.29 is 9.21 Å². The molecule has 0 radical (unpaired) electrons. The fraction of sp³-hybridized carbons (Fsp3) is 0.182. The van der Waals surface area contributed by atoms with Crippen LogP contribution in [0.5, 0.6) is 0 Å². The third-order valence-electron chi connectivity index (χ3n) is 2.09. The van der Waals surface area contributed by atoms with Gasteiger partial charge in [0, 0.05) is 11.8 Å². The highest BCUT2D eigenvalue weighted by atomic mass is 32.1. The van der Waals surface area contributed by atoms with Crippen molar-refractivity contribution in [3.05, 3.63) is 30.5 Å². The van der Waals surface area contributed by atoms with Gasteiger partial charge in [-0.1, -0.05) is 12.1 Å². The lowest BCUT2D eigenvalue weighted by molar-refractivity contribution is -0.115. The molecule has 0 spiro atoms. The average Bonchev–Trinajstić information content (AvgIpc) is 2.62. The first-order valence-corrected chi connectivity index (χ1v) is 5.31. The molecule has 1 aromatic carbocycles. The molecule has 15 heavy (non-hydrogen) atoms. The van der Waals surface area contributed by atoms with Gasteiger partial charge in [-0.15, -0.1) is 0 Å². The topological polar surface area (TPSA) is 42.2 Å². The molecule has 0 bridgehead atoms. The number of hydrogen-bond acceptors (Lipinski definition) is 3. The first-order valence-electron chi connectivity index (χ1n) is 4.68. The molecule has 1 heterocycles. The van der Waals surface area contributed by atoms with Gasteiger partial charge in [-0.25, -0.2) is 0 Å². The van der Waals surface area contributed by atoms with Crippen LogP contribution in [-0.4, -0.2) is 11.7 Å². The number of benzene rings is 1. The lowest BCUT2D eigenvalue weighted by atomic mass is 10.2. The number of nitrogens with one attached hydrogen (secondary N) is 1. The third kappa shape index (κ3) is 2.15. The summed E-state index contributed by atoms with van der Waals surface area (Å²) in [6.45, 7) is 0. The molecule has 0 unspecified atom stereocenters.